The zero-order valence-electron chi connectivity index (χ0n) is 13.2. The molecule has 1 aromatic rings. The number of nitrogens with one attached hydrogen (secondary N) is 1. The number of Topliss-reactive ketones (excluding diaryl/α,β-unsaturated/α-hetero) is 1. The molecule has 6 heteroatoms. The van der Waals surface area contributed by atoms with E-state index < -0.39 is 0 Å². The number of unbranched alkanes of at least 4 members (excludes halogenated alkanes) is 1. The number of nitrogens with zero attached hydrogens (tertiary/aromatic N) is 3. The SMILES string of the molecule is N#C/C(=N/Nc1ccccc1)C(=O)CCCCN1CCOCC1. The number of hydrogen-bond donors (Lipinski definition) is 1. The summed E-state index contributed by atoms with van der Waals surface area (Å²) in [4.78, 5) is 14.4. The van der Waals surface area contributed by atoms with Crippen LogP contribution in [0.1, 0.15) is 19.3 Å². The van der Waals surface area contributed by atoms with Crippen LogP contribution in [0.5, 0.6) is 0 Å². The molecule has 1 saturated heterocycles. The van der Waals surface area contributed by atoms with Crippen molar-refractivity contribution in [2.24, 2.45) is 5.10 Å². The van der Waals surface area contributed by atoms with Crippen LogP contribution in [0.4, 0.5) is 5.69 Å². The zero-order chi connectivity index (χ0) is 16.3. The summed E-state index contributed by atoms with van der Waals surface area (Å²) in [5, 5.41) is 13.0. The van der Waals surface area contributed by atoms with Crippen molar-refractivity contribution in [3.05, 3.63) is 30.3 Å². The lowest BCUT2D eigenvalue weighted by molar-refractivity contribution is -0.113. The molecule has 6 nitrogen and oxygen atoms in total. The molecule has 23 heavy (non-hydrogen) atoms. The Labute approximate surface area is 136 Å². The number of morpholine rings is 1. The van der Waals surface area contributed by atoms with Crippen LogP contribution in [0.15, 0.2) is 35.4 Å². The zero-order valence-corrected chi connectivity index (χ0v) is 13.2. The lowest BCUT2D eigenvalue weighted by atomic mass is 10.1. The standard InChI is InChI=1S/C17H22N4O2/c18-14-16(20-19-15-6-2-1-3-7-15)17(22)8-4-5-9-21-10-12-23-13-11-21/h1-3,6-7,19H,4-5,8-13H2/b20-16-. The molecule has 122 valence electrons. The molecule has 1 N–H and O–H groups in total. The molecular weight excluding hydrogens is 292 g/mol. The predicted molar refractivity (Wildman–Crippen MR) is 89.2 cm³/mol. The minimum atomic E-state index is -0.210. The van der Waals surface area contributed by atoms with E-state index in [2.05, 4.69) is 15.4 Å². The Bertz CT molecular complexity index is 560. The molecule has 0 bridgehead atoms. The summed E-state index contributed by atoms with van der Waals surface area (Å²) in [6.07, 6.45) is 2.06. The molecule has 1 aliphatic rings. The van der Waals surface area contributed by atoms with Gasteiger partial charge in [-0.05, 0) is 31.5 Å². The summed E-state index contributed by atoms with van der Waals surface area (Å²) in [7, 11) is 0. The number of rotatable bonds is 8. The smallest absolute Gasteiger partial charge is 0.203 e. The van der Waals surface area contributed by atoms with Gasteiger partial charge in [-0.25, -0.2) is 0 Å². The molecule has 1 heterocycles. The van der Waals surface area contributed by atoms with Gasteiger partial charge in [0.25, 0.3) is 0 Å². The van der Waals surface area contributed by atoms with E-state index in [1.54, 1.807) is 0 Å². The Hall–Kier alpha value is -2.23. The highest BCUT2D eigenvalue weighted by atomic mass is 16.5. The van der Waals surface area contributed by atoms with E-state index in [1.165, 1.54) is 0 Å². The average molecular weight is 314 g/mol. The summed E-state index contributed by atoms with van der Waals surface area (Å²) < 4.78 is 5.30. The molecule has 1 fully saturated rings. The molecule has 1 aliphatic heterocycles. The Morgan fingerprint density at radius 2 is 2.00 bits per heavy atom. The van der Waals surface area contributed by atoms with E-state index >= 15 is 0 Å². The first-order valence-corrected chi connectivity index (χ1v) is 7.92. The monoisotopic (exact) mass is 314 g/mol. The van der Waals surface area contributed by atoms with Gasteiger partial charge in [0.05, 0.1) is 18.9 Å². The van der Waals surface area contributed by atoms with E-state index in [1.807, 2.05) is 36.4 Å². The fraction of sp³-hybridized carbons (Fsp3) is 0.471. The molecule has 0 spiro atoms. The van der Waals surface area contributed by atoms with E-state index in [-0.39, 0.29) is 11.5 Å². The third-order valence-electron chi connectivity index (χ3n) is 3.67. The predicted octanol–water partition coefficient (Wildman–Crippen LogP) is 2.05. The first-order valence-electron chi connectivity index (χ1n) is 7.92. The maximum Gasteiger partial charge on any atom is 0.203 e. The van der Waals surface area contributed by atoms with E-state index in [9.17, 15) is 4.79 Å². The lowest BCUT2D eigenvalue weighted by Gasteiger charge is -2.26. The van der Waals surface area contributed by atoms with Crippen LogP contribution in [0.25, 0.3) is 0 Å². The van der Waals surface area contributed by atoms with Gasteiger partial charge in [-0.2, -0.15) is 10.4 Å². The molecule has 0 amide bonds. The van der Waals surface area contributed by atoms with Gasteiger partial charge in [0.15, 0.2) is 5.78 Å². The molecule has 1 aromatic carbocycles. The van der Waals surface area contributed by atoms with Crippen LogP contribution in [0.2, 0.25) is 0 Å². The summed E-state index contributed by atoms with van der Waals surface area (Å²) in [5.74, 6) is -0.210. The van der Waals surface area contributed by atoms with Crippen molar-refractivity contribution in [3.8, 4) is 6.07 Å². The van der Waals surface area contributed by atoms with Crippen LogP contribution in [-0.4, -0.2) is 49.2 Å². The quantitative estimate of drug-likeness (QED) is 0.451. The average Bonchev–Trinajstić information content (AvgIpc) is 2.61. The largest absolute Gasteiger partial charge is 0.379 e. The van der Waals surface area contributed by atoms with Crippen molar-refractivity contribution in [1.82, 2.24) is 4.90 Å². The Morgan fingerprint density at radius 3 is 2.70 bits per heavy atom. The number of benzene rings is 1. The summed E-state index contributed by atoms with van der Waals surface area (Å²) in [6, 6.07) is 11.1. The second-order valence-corrected chi connectivity index (χ2v) is 5.38. The fourth-order valence-corrected chi connectivity index (χ4v) is 2.35. The molecule has 0 radical (unpaired) electrons. The highest BCUT2D eigenvalue weighted by molar-refractivity contribution is 6.46. The molecule has 2 rings (SSSR count). The second-order valence-electron chi connectivity index (χ2n) is 5.38. The highest BCUT2D eigenvalue weighted by Gasteiger charge is 2.13. The third kappa shape index (κ3) is 6.19. The highest BCUT2D eigenvalue weighted by Crippen LogP contribution is 2.06. The fourth-order valence-electron chi connectivity index (χ4n) is 2.35. The van der Waals surface area contributed by atoms with E-state index in [0.29, 0.717) is 6.42 Å². The number of carbonyl (C=O) groups is 1. The van der Waals surface area contributed by atoms with Crippen molar-refractivity contribution >= 4 is 17.2 Å². The normalized spacial score (nSPS) is 15.9. The summed E-state index contributed by atoms with van der Waals surface area (Å²) in [6.45, 7) is 4.46. The first-order chi connectivity index (χ1) is 11.3. The number of hydrazone groups is 1. The van der Waals surface area contributed by atoms with Crippen molar-refractivity contribution in [3.63, 3.8) is 0 Å². The van der Waals surface area contributed by atoms with Crippen LogP contribution < -0.4 is 5.43 Å². The lowest BCUT2D eigenvalue weighted by Crippen LogP contribution is -2.36. The second kappa shape index (κ2) is 9.72. The molecular formula is C17H22N4O2. The number of anilines is 1. The number of carbonyl (C=O) groups excluding carboxylic acids is 1. The number of nitriles is 1. The van der Waals surface area contributed by atoms with Crippen molar-refractivity contribution in [2.45, 2.75) is 19.3 Å². The van der Waals surface area contributed by atoms with Gasteiger partial charge in [-0.3, -0.25) is 15.1 Å². The van der Waals surface area contributed by atoms with E-state index in [4.69, 9.17) is 10.00 Å². The van der Waals surface area contributed by atoms with Crippen molar-refractivity contribution in [1.29, 1.82) is 5.26 Å². The Balaban J connectivity index is 1.71. The Morgan fingerprint density at radius 1 is 1.26 bits per heavy atom. The number of ketones is 1. The number of ether oxygens (including phenoxy) is 1. The molecule has 0 aromatic heterocycles. The van der Waals surface area contributed by atoms with Crippen LogP contribution in [0.3, 0.4) is 0 Å². The summed E-state index contributed by atoms with van der Waals surface area (Å²) >= 11 is 0. The molecule has 0 saturated carbocycles. The van der Waals surface area contributed by atoms with Gasteiger partial charge in [0.1, 0.15) is 6.07 Å². The maximum atomic E-state index is 12.0. The molecule has 0 atom stereocenters. The van der Waals surface area contributed by atoms with Crippen LogP contribution in [-0.2, 0) is 9.53 Å². The molecule has 0 aliphatic carbocycles. The van der Waals surface area contributed by atoms with Crippen LogP contribution >= 0.6 is 0 Å². The Kier molecular flexibility index (Phi) is 7.24. The minimum Gasteiger partial charge on any atom is -0.379 e. The van der Waals surface area contributed by atoms with Gasteiger partial charge < -0.3 is 4.74 Å². The molecule has 0 unspecified atom stereocenters. The van der Waals surface area contributed by atoms with Crippen molar-refractivity contribution in [2.75, 3.05) is 38.3 Å². The minimum absolute atomic E-state index is 0.0692. The summed E-state index contributed by atoms with van der Waals surface area (Å²) in [5.41, 5.74) is 3.42. The van der Waals surface area contributed by atoms with E-state index in [0.717, 1.165) is 51.4 Å². The topological polar surface area (TPSA) is 77.7 Å². The van der Waals surface area contributed by atoms with Crippen molar-refractivity contribution < 1.29 is 9.53 Å². The van der Waals surface area contributed by atoms with Gasteiger partial charge in [0.2, 0.25) is 5.71 Å². The number of hydrogen-bond acceptors (Lipinski definition) is 6. The van der Waals surface area contributed by atoms with Gasteiger partial charge >= 0.3 is 0 Å². The van der Waals surface area contributed by atoms with Gasteiger partial charge in [-0.15, -0.1) is 0 Å². The first kappa shape index (κ1) is 17.1. The van der Waals surface area contributed by atoms with Gasteiger partial charge in [0, 0.05) is 19.5 Å². The maximum absolute atomic E-state index is 12.0. The van der Waals surface area contributed by atoms with Crippen LogP contribution in [0, 0.1) is 11.3 Å². The van der Waals surface area contributed by atoms with Gasteiger partial charge in [-0.1, -0.05) is 18.2 Å². The number of para-hydroxylation sites is 1. The third-order valence-corrected chi connectivity index (χ3v) is 3.67.